The zero-order valence-electron chi connectivity index (χ0n) is 14.8. The lowest BCUT2D eigenvalue weighted by Crippen LogP contribution is -2.61. The van der Waals surface area contributed by atoms with Crippen LogP contribution in [0.4, 0.5) is 13.2 Å². The third-order valence-corrected chi connectivity index (χ3v) is 8.09. The molecular weight excluding hydrogens is 391 g/mol. The van der Waals surface area contributed by atoms with Crippen molar-refractivity contribution in [3.8, 4) is 0 Å². The maximum atomic E-state index is 12.5. The highest BCUT2D eigenvalue weighted by Crippen LogP contribution is 2.60. The van der Waals surface area contributed by atoms with Gasteiger partial charge in [0, 0.05) is 24.9 Å². The number of alkyl halides is 3. The molecular formula is C16H24F3NO6S. The summed E-state index contributed by atoms with van der Waals surface area (Å²) < 4.78 is 62.2. The summed E-state index contributed by atoms with van der Waals surface area (Å²) in [6.07, 6.45) is 0.347. The summed E-state index contributed by atoms with van der Waals surface area (Å²) in [6, 6.07) is 0. The molecule has 4 aliphatic carbocycles. The molecule has 1 heterocycles. The van der Waals surface area contributed by atoms with Crippen LogP contribution >= 0.6 is 0 Å². The SMILES string of the molecule is O=S(=O)(CC(F)(F)F)N1CCOOC2(OOCC1)C1CC3CC(C1)CC2C3. The molecule has 1 aliphatic heterocycles. The normalized spacial score (nSPS) is 37.6. The van der Waals surface area contributed by atoms with E-state index in [1.54, 1.807) is 0 Å². The molecule has 4 saturated carbocycles. The lowest BCUT2D eigenvalue weighted by molar-refractivity contribution is -0.551. The molecule has 0 aromatic carbocycles. The summed E-state index contributed by atoms with van der Waals surface area (Å²) in [4.78, 5) is 21.8. The van der Waals surface area contributed by atoms with Crippen molar-refractivity contribution < 1.29 is 41.1 Å². The van der Waals surface area contributed by atoms with Crippen LogP contribution in [0.1, 0.15) is 32.1 Å². The van der Waals surface area contributed by atoms with Gasteiger partial charge in [-0.05, 0) is 43.9 Å². The average molecular weight is 415 g/mol. The zero-order chi connectivity index (χ0) is 19.3. The van der Waals surface area contributed by atoms with Crippen LogP contribution in [0.5, 0.6) is 0 Å². The maximum absolute atomic E-state index is 12.5. The summed E-state index contributed by atoms with van der Waals surface area (Å²) in [5.41, 5.74) is 0. The monoisotopic (exact) mass is 415 g/mol. The first-order valence-electron chi connectivity index (χ1n) is 9.34. The highest BCUT2D eigenvalue weighted by atomic mass is 32.2. The fraction of sp³-hybridized carbons (Fsp3) is 1.00. The molecule has 1 saturated heterocycles. The first-order valence-corrected chi connectivity index (χ1v) is 10.9. The second-order valence-corrected chi connectivity index (χ2v) is 10.1. The predicted octanol–water partition coefficient (Wildman–Crippen LogP) is 2.24. The Labute approximate surface area is 156 Å². The van der Waals surface area contributed by atoms with Crippen LogP contribution < -0.4 is 0 Å². The van der Waals surface area contributed by atoms with Gasteiger partial charge in [-0.2, -0.15) is 27.3 Å². The number of hydrogen-bond acceptors (Lipinski definition) is 6. The quantitative estimate of drug-likeness (QED) is 0.644. The van der Waals surface area contributed by atoms with Gasteiger partial charge in [0.15, 0.2) is 5.75 Å². The third kappa shape index (κ3) is 3.99. The third-order valence-electron chi connectivity index (χ3n) is 6.24. The van der Waals surface area contributed by atoms with E-state index in [-0.39, 0.29) is 38.1 Å². The molecule has 4 bridgehead atoms. The van der Waals surface area contributed by atoms with Crippen molar-refractivity contribution in [2.75, 3.05) is 32.1 Å². The molecule has 0 amide bonds. The minimum absolute atomic E-state index is 0.151. The van der Waals surface area contributed by atoms with E-state index in [0.29, 0.717) is 16.1 Å². The van der Waals surface area contributed by atoms with Gasteiger partial charge in [-0.3, -0.25) is 0 Å². The molecule has 11 heteroatoms. The molecule has 5 fully saturated rings. The Morgan fingerprint density at radius 1 is 0.889 bits per heavy atom. The van der Waals surface area contributed by atoms with Crippen molar-refractivity contribution in [3.05, 3.63) is 0 Å². The fourth-order valence-electron chi connectivity index (χ4n) is 5.36. The van der Waals surface area contributed by atoms with Crippen LogP contribution in [0.2, 0.25) is 0 Å². The van der Waals surface area contributed by atoms with Crippen LogP contribution in [0, 0.1) is 23.7 Å². The van der Waals surface area contributed by atoms with E-state index in [9.17, 15) is 21.6 Å². The summed E-state index contributed by atoms with van der Waals surface area (Å²) in [5, 5.41) is 0. The summed E-state index contributed by atoms with van der Waals surface area (Å²) in [7, 11) is -4.52. The average Bonchev–Trinajstić information content (AvgIpc) is 2.54. The number of halogens is 3. The Morgan fingerprint density at radius 3 is 1.81 bits per heavy atom. The Morgan fingerprint density at radius 2 is 1.37 bits per heavy atom. The molecule has 5 aliphatic rings. The minimum atomic E-state index is -4.81. The molecule has 0 N–H and O–H groups in total. The molecule has 0 atom stereocenters. The fourth-order valence-corrected chi connectivity index (χ4v) is 6.66. The van der Waals surface area contributed by atoms with Crippen LogP contribution in [-0.4, -0.2) is 56.7 Å². The van der Waals surface area contributed by atoms with Gasteiger partial charge < -0.3 is 0 Å². The van der Waals surface area contributed by atoms with E-state index in [1.165, 1.54) is 6.42 Å². The van der Waals surface area contributed by atoms with Crippen molar-refractivity contribution in [1.29, 1.82) is 0 Å². The second kappa shape index (κ2) is 7.10. The van der Waals surface area contributed by atoms with Gasteiger partial charge in [0.1, 0.15) is 0 Å². The van der Waals surface area contributed by atoms with Crippen LogP contribution in [0.15, 0.2) is 0 Å². The summed E-state index contributed by atoms with van der Waals surface area (Å²) >= 11 is 0. The van der Waals surface area contributed by atoms with Gasteiger partial charge in [0.2, 0.25) is 15.8 Å². The highest BCUT2D eigenvalue weighted by molar-refractivity contribution is 7.89. The van der Waals surface area contributed by atoms with Crippen molar-refractivity contribution >= 4 is 10.0 Å². The van der Waals surface area contributed by atoms with E-state index in [0.717, 1.165) is 25.7 Å². The molecule has 1 spiro atoms. The van der Waals surface area contributed by atoms with E-state index in [2.05, 4.69) is 0 Å². The minimum Gasteiger partial charge on any atom is -0.232 e. The molecule has 0 aromatic rings. The maximum Gasteiger partial charge on any atom is 0.404 e. The molecule has 156 valence electrons. The largest absolute Gasteiger partial charge is 0.404 e. The second-order valence-electron chi connectivity index (χ2n) is 8.11. The Balaban J connectivity index is 1.42. The molecule has 7 nitrogen and oxygen atoms in total. The molecule has 0 radical (unpaired) electrons. The first-order chi connectivity index (χ1) is 12.7. The highest BCUT2D eigenvalue weighted by Gasteiger charge is 2.61. The zero-order valence-corrected chi connectivity index (χ0v) is 15.6. The standard InChI is InChI=1S/C16H24F3NO6S/c17-15(18,19)10-27(21,22)20-1-3-23-25-16(26-24-4-2-20)13-6-11-5-12(8-13)9-14(16)7-11/h11-14H,1-10H2. The first kappa shape index (κ1) is 19.8. The number of nitrogens with zero attached hydrogens (tertiary/aromatic N) is 1. The van der Waals surface area contributed by atoms with Gasteiger partial charge in [-0.15, -0.1) is 0 Å². The van der Waals surface area contributed by atoms with Crippen molar-refractivity contribution in [3.63, 3.8) is 0 Å². The van der Waals surface area contributed by atoms with Crippen molar-refractivity contribution in [1.82, 2.24) is 4.31 Å². The molecule has 0 unspecified atom stereocenters. The van der Waals surface area contributed by atoms with Crippen molar-refractivity contribution in [2.24, 2.45) is 23.7 Å². The van der Waals surface area contributed by atoms with Crippen molar-refractivity contribution in [2.45, 2.75) is 44.1 Å². The molecule has 27 heavy (non-hydrogen) atoms. The van der Waals surface area contributed by atoms with E-state index in [1.807, 2.05) is 0 Å². The Bertz CT molecular complexity index is 613. The molecule has 0 aromatic heterocycles. The van der Waals surface area contributed by atoms with Crippen LogP contribution in [0.25, 0.3) is 0 Å². The lowest BCUT2D eigenvalue weighted by atomic mass is 9.53. The van der Waals surface area contributed by atoms with Gasteiger partial charge in [-0.1, -0.05) is 0 Å². The smallest absolute Gasteiger partial charge is 0.232 e. The summed E-state index contributed by atoms with van der Waals surface area (Å²) in [6.45, 7) is -0.820. The number of hydrogen-bond donors (Lipinski definition) is 0. The predicted molar refractivity (Wildman–Crippen MR) is 85.3 cm³/mol. The molecule has 5 rings (SSSR count). The topological polar surface area (TPSA) is 74.3 Å². The van der Waals surface area contributed by atoms with Crippen LogP contribution in [-0.2, 0) is 29.6 Å². The van der Waals surface area contributed by atoms with Crippen LogP contribution in [0.3, 0.4) is 0 Å². The Kier molecular flexibility index (Phi) is 5.22. The van der Waals surface area contributed by atoms with Gasteiger partial charge >= 0.3 is 6.18 Å². The van der Waals surface area contributed by atoms with E-state index >= 15 is 0 Å². The lowest BCUT2D eigenvalue weighted by Gasteiger charge is -2.58. The van der Waals surface area contributed by atoms with Gasteiger partial charge in [0.25, 0.3) is 0 Å². The van der Waals surface area contributed by atoms with E-state index < -0.39 is 27.7 Å². The van der Waals surface area contributed by atoms with E-state index in [4.69, 9.17) is 19.6 Å². The van der Waals surface area contributed by atoms with Gasteiger partial charge in [0.05, 0.1) is 13.2 Å². The number of rotatable bonds is 2. The Hall–Kier alpha value is -0.460. The van der Waals surface area contributed by atoms with Gasteiger partial charge in [-0.25, -0.2) is 18.2 Å². The summed E-state index contributed by atoms with van der Waals surface area (Å²) in [5.74, 6) is -1.28. The number of sulfonamides is 1.